The molecular weight excluding hydrogens is 162 g/mol. The van der Waals surface area contributed by atoms with Gasteiger partial charge >= 0.3 is 0 Å². The van der Waals surface area contributed by atoms with Crippen LogP contribution in [-0.2, 0) is 12.8 Å². The monoisotopic (exact) mass is 173 g/mol. The highest BCUT2D eigenvalue weighted by molar-refractivity contribution is 5.90. The number of nitrogens with two attached hydrogens (primary N) is 1. The smallest absolute Gasteiger partial charge is 0.136 e. The fourth-order valence-corrected chi connectivity index (χ4v) is 2.12. The molecule has 0 unspecified atom stereocenters. The van der Waals surface area contributed by atoms with Crippen LogP contribution in [-0.4, -0.2) is 0 Å². The van der Waals surface area contributed by atoms with Gasteiger partial charge in [-0.25, -0.2) is 0 Å². The maximum atomic E-state index is 5.78. The molecule has 0 saturated heterocycles. The summed E-state index contributed by atoms with van der Waals surface area (Å²) in [6.45, 7) is 0. The molecule has 0 radical (unpaired) electrons. The average Bonchev–Trinajstić information content (AvgIpc) is 2.70. The molecule has 0 fully saturated rings. The minimum Gasteiger partial charge on any atom is -0.462 e. The first-order valence-corrected chi connectivity index (χ1v) is 4.63. The summed E-state index contributed by atoms with van der Waals surface area (Å²) in [6.07, 6.45) is 5.27. The fourth-order valence-electron chi connectivity index (χ4n) is 2.12. The van der Waals surface area contributed by atoms with Crippen molar-refractivity contribution in [3.8, 4) is 0 Å². The van der Waals surface area contributed by atoms with E-state index in [2.05, 4.69) is 12.1 Å². The van der Waals surface area contributed by atoms with Crippen LogP contribution >= 0.6 is 0 Å². The molecule has 2 aromatic rings. The molecule has 13 heavy (non-hydrogen) atoms. The average molecular weight is 173 g/mol. The van der Waals surface area contributed by atoms with Crippen LogP contribution in [0.15, 0.2) is 22.8 Å². The maximum absolute atomic E-state index is 5.78. The van der Waals surface area contributed by atoms with Crippen molar-refractivity contribution < 1.29 is 4.42 Å². The molecule has 1 heterocycles. The van der Waals surface area contributed by atoms with Crippen LogP contribution in [0.25, 0.3) is 11.0 Å². The van der Waals surface area contributed by atoms with E-state index < -0.39 is 0 Å². The number of fused-ring (bicyclic) bond motifs is 2. The summed E-state index contributed by atoms with van der Waals surface area (Å²) < 4.78 is 5.35. The van der Waals surface area contributed by atoms with E-state index in [4.69, 9.17) is 10.2 Å². The minimum atomic E-state index is 0.754. The zero-order chi connectivity index (χ0) is 8.84. The second-order valence-electron chi connectivity index (χ2n) is 3.66. The zero-order valence-electron chi connectivity index (χ0n) is 7.34. The van der Waals surface area contributed by atoms with E-state index in [0.717, 1.165) is 16.7 Å². The van der Waals surface area contributed by atoms with Gasteiger partial charge in [0.15, 0.2) is 0 Å². The SMILES string of the molecule is Nc1coc2cc3c(cc12)CCC3. The molecule has 0 bridgehead atoms. The van der Waals surface area contributed by atoms with Crippen LogP contribution in [0, 0.1) is 0 Å². The maximum Gasteiger partial charge on any atom is 0.136 e. The Hall–Kier alpha value is -1.44. The van der Waals surface area contributed by atoms with Gasteiger partial charge in [-0.15, -0.1) is 0 Å². The predicted octanol–water partition coefficient (Wildman–Crippen LogP) is 2.50. The molecule has 1 aromatic carbocycles. The topological polar surface area (TPSA) is 39.2 Å². The Bertz CT molecular complexity index is 470. The van der Waals surface area contributed by atoms with E-state index in [9.17, 15) is 0 Å². The highest BCUT2D eigenvalue weighted by atomic mass is 16.3. The van der Waals surface area contributed by atoms with Crippen molar-refractivity contribution in [1.29, 1.82) is 0 Å². The minimum absolute atomic E-state index is 0.754. The van der Waals surface area contributed by atoms with Crippen LogP contribution in [0.1, 0.15) is 17.5 Å². The third kappa shape index (κ3) is 0.886. The van der Waals surface area contributed by atoms with Crippen molar-refractivity contribution in [2.75, 3.05) is 5.73 Å². The number of nitrogen functional groups attached to an aromatic ring is 1. The highest BCUT2D eigenvalue weighted by Crippen LogP contribution is 2.31. The van der Waals surface area contributed by atoms with Gasteiger partial charge in [0.1, 0.15) is 11.8 Å². The third-order valence-corrected chi connectivity index (χ3v) is 2.82. The van der Waals surface area contributed by atoms with Gasteiger partial charge in [0, 0.05) is 5.39 Å². The van der Waals surface area contributed by atoms with Crippen LogP contribution in [0.3, 0.4) is 0 Å². The Morgan fingerprint density at radius 2 is 1.92 bits per heavy atom. The molecule has 1 aromatic heterocycles. The van der Waals surface area contributed by atoms with Gasteiger partial charge in [0.2, 0.25) is 0 Å². The van der Waals surface area contributed by atoms with E-state index in [0.29, 0.717) is 0 Å². The summed E-state index contributed by atoms with van der Waals surface area (Å²) in [5, 5.41) is 1.07. The lowest BCUT2D eigenvalue weighted by atomic mass is 10.1. The molecule has 0 saturated carbocycles. The van der Waals surface area contributed by atoms with E-state index in [-0.39, 0.29) is 0 Å². The standard InChI is InChI=1S/C11H11NO/c12-10-6-13-11-5-8-3-1-2-7(8)4-9(10)11/h4-6H,1-3,12H2. The summed E-state index contributed by atoms with van der Waals surface area (Å²) in [5.41, 5.74) is 10.3. The second-order valence-corrected chi connectivity index (χ2v) is 3.66. The normalized spacial score (nSPS) is 15.1. The van der Waals surface area contributed by atoms with Crippen LogP contribution in [0.4, 0.5) is 5.69 Å². The van der Waals surface area contributed by atoms with Crippen molar-refractivity contribution in [2.45, 2.75) is 19.3 Å². The Balaban J connectivity index is 2.38. The fraction of sp³-hybridized carbons (Fsp3) is 0.273. The molecule has 66 valence electrons. The predicted molar refractivity (Wildman–Crippen MR) is 52.7 cm³/mol. The van der Waals surface area contributed by atoms with Gasteiger partial charge in [-0.1, -0.05) is 0 Å². The van der Waals surface area contributed by atoms with E-state index in [1.807, 2.05) is 0 Å². The number of rotatable bonds is 0. The zero-order valence-corrected chi connectivity index (χ0v) is 7.34. The quantitative estimate of drug-likeness (QED) is 0.664. The third-order valence-electron chi connectivity index (χ3n) is 2.82. The molecule has 1 aliphatic carbocycles. The Labute approximate surface area is 76.3 Å². The molecule has 3 rings (SSSR count). The molecule has 2 N–H and O–H groups in total. The first-order valence-electron chi connectivity index (χ1n) is 4.63. The summed E-state index contributed by atoms with van der Waals surface area (Å²) in [7, 11) is 0. The van der Waals surface area contributed by atoms with E-state index >= 15 is 0 Å². The molecule has 0 spiro atoms. The number of benzene rings is 1. The Morgan fingerprint density at radius 3 is 2.77 bits per heavy atom. The second kappa shape index (κ2) is 2.28. The molecule has 0 amide bonds. The molecule has 1 aliphatic rings. The van der Waals surface area contributed by atoms with E-state index in [1.165, 1.54) is 30.4 Å². The van der Waals surface area contributed by atoms with Crippen molar-refractivity contribution in [1.82, 2.24) is 0 Å². The number of furan rings is 1. The number of hydrogen-bond donors (Lipinski definition) is 1. The molecule has 2 nitrogen and oxygen atoms in total. The van der Waals surface area contributed by atoms with Gasteiger partial charge in [-0.05, 0) is 42.5 Å². The summed E-state index contributed by atoms with van der Waals surface area (Å²) in [5.74, 6) is 0. The van der Waals surface area contributed by atoms with Crippen LogP contribution in [0.2, 0.25) is 0 Å². The van der Waals surface area contributed by atoms with Crippen molar-refractivity contribution >= 4 is 16.7 Å². The number of anilines is 1. The first-order chi connectivity index (χ1) is 6.34. The first kappa shape index (κ1) is 7.01. The Kier molecular flexibility index (Phi) is 1.23. The van der Waals surface area contributed by atoms with Crippen molar-refractivity contribution in [3.63, 3.8) is 0 Å². The largest absolute Gasteiger partial charge is 0.462 e. The summed E-state index contributed by atoms with van der Waals surface area (Å²) >= 11 is 0. The molecular formula is C11H11NO. The summed E-state index contributed by atoms with van der Waals surface area (Å²) in [6, 6.07) is 4.31. The van der Waals surface area contributed by atoms with Crippen LogP contribution < -0.4 is 5.73 Å². The van der Waals surface area contributed by atoms with Gasteiger partial charge in [0.25, 0.3) is 0 Å². The van der Waals surface area contributed by atoms with Crippen LogP contribution in [0.5, 0.6) is 0 Å². The lowest BCUT2D eigenvalue weighted by Gasteiger charge is -1.98. The van der Waals surface area contributed by atoms with E-state index in [1.54, 1.807) is 6.26 Å². The van der Waals surface area contributed by atoms with Crippen molar-refractivity contribution in [3.05, 3.63) is 29.5 Å². The molecule has 0 aliphatic heterocycles. The molecule has 0 atom stereocenters. The van der Waals surface area contributed by atoms with Crippen molar-refractivity contribution in [2.24, 2.45) is 0 Å². The number of hydrogen-bond acceptors (Lipinski definition) is 2. The van der Waals surface area contributed by atoms with Gasteiger partial charge in [-0.3, -0.25) is 0 Å². The Morgan fingerprint density at radius 1 is 1.15 bits per heavy atom. The van der Waals surface area contributed by atoms with Gasteiger partial charge in [0.05, 0.1) is 5.69 Å². The highest BCUT2D eigenvalue weighted by Gasteiger charge is 2.13. The summed E-state index contributed by atoms with van der Waals surface area (Å²) in [4.78, 5) is 0. The van der Waals surface area contributed by atoms with Gasteiger partial charge < -0.3 is 10.2 Å². The number of aryl methyl sites for hydroxylation is 2. The van der Waals surface area contributed by atoms with Gasteiger partial charge in [-0.2, -0.15) is 0 Å². The lowest BCUT2D eigenvalue weighted by Crippen LogP contribution is -1.84. The lowest BCUT2D eigenvalue weighted by molar-refractivity contribution is 0.617. The molecule has 2 heteroatoms.